The number of carbonyl (C=O) groups is 1. The van der Waals surface area contributed by atoms with Crippen molar-refractivity contribution >= 4 is 17.0 Å². The van der Waals surface area contributed by atoms with Crippen molar-refractivity contribution in [1.29, 1.82) is 0 Å². The number of carbonyl (C=O) groups excluding carboxylic acids is 1. The molecule has 0 bridgehead atoms. The molecule has 4 heteroatoms. The lowest BCUT2D eigenvalue weighted by Gasteiger charge is -2.24. The van der Waals surface area contributed by atoms with Crippen LogP contribution in [0.25, 0.3) is 10.9 Å². The van der Waals surface area contributed by atoms with Gasteiger partial charge in [0.2, 0.25) is 0 Å². The SMILES string of the molecule is COc1ccc2c(c1)cc(C(C)(C)C)n2C(=O)OC(C)(C)C. The van der Waals surface area contributed by atoms with Crippen molar-refractivity contribution in [2.75, 3.05) is 7.11 Å². The smallest absolute Gasteiger partial charge is 0.419 e. The summed E-state index contributed by atoms with van der Waals surface area (Å²) >= 11 is 0. The molecule has 0 atom stereocenters. The lowest BCUT2D eigenvalue weighted by atomic mass is 9.92. The van der Waals surface area contributed by atoms with Crippen LogP contribution in [0, 0.1) is 0 Å². The molecule has 2 rings (SSSR count). The van der Waals surface area contributed by atoms with Gasteiger partial charge in [-0.1, -0.05) is 20.8 Å². The van der Waals surface area contributed by atoms with Crippen molar-refractivity contribution in [1.82, 2.24) is 4.57 Å². The number of hydrogen-bond acceptors (Lipinski definition) is 3. The van der Waals surface area contributed by atoms with Gasteiger partial charge in [-0.2, -0.15) is 0 Å². The molecule has 120 valence electrons. The van der Waals surface area contributed by atoms with Gasteiger partial charge in [-0.25, -0.2) is 9.36 Å². The average Bonchev–Trinajstić information content (AvgIpc) is 2.74. The molecule has 2 aromatic rings. The van der Waals surface area contributed by atoms with Gasteiger partial charge < -0.3 is 9.47 Å². The van der Waals surface area contributed by atoms with Crippen LogP contribution >= 0.6 is 0 Å². The van der Waals surface area contributed by atoms with Gasteiger partial charge in [0.25, 0.3) is 0 Å². The van der Waals surface area contributed by atoms with Crippen molar-refractivity contribution in [3.8, 4) is 5.75 Å². The fourth-order valence-corrected chi connectivity index (χ4v) is 2.38. The Morgan fingerprint density at radius 1 is 1.05 bits per heavy atom. The maximum atomic E-state index is 12.7. The molecule has 0 amide bonds. The lowest BCUT2D eigenvalue weighted by Crippen LogP contribution is -2.30. The molecule has 0 aliphatic rings. The van der Waals surface area contributed by atoms with E-state index < -0.39 is 5.60 Å². The van der Waals surface area contributed by atoms with E-state index in [4.69, 9.17) is 9.47 Å². The second kappa shape index (κ2) is 5.34. The van der Waals surface area contributed by atoms with Crippen LogP contribution < -0.4 is 4.74 Å². The summed E-state index contributed by atoms with van der Waals surface area (Å²) in [5.74, 6) is 0.772. The molecule has 0 aliphatic carbocycles. The first-order valence-corrected chi connectivity index (χ1v) is 7.46. The van der Waals surface area contributed by atoms with Gasteiger partial charge in [-0.3, -0.25) is 0 Å². The van der Waals surface area contributed by atoms with Crippen LogP contribution in [0.3, 0.4) is 0 Å². The highest BCUT2D eigenvalue weighted by Crippen LogP contribution is 2.32. The van der Waals surface area contributed by atoms with Gasteiger partial charge in [-0.15, -0.1) is 0 Å². The molecule has 1 aromatic heterocycles. The largest absolute Gasteiger partial charge is 0.497 e. The third-order valence-corrected chi connectivity index (χ3v) is 3.35. The summed E-state index contributed by atoms with van der Waals surface area (Å²) in [7, 11) is 1.64. The van der Waals surface area contributed by atoms with Crippen LogP contribution in [0.2, 0.25) is 0 Å². The van der Waals surface area contributed by atoms with E-state index in [1.54, 1.807) is 11.7 Å². The number of hydrogen-bond donors (Lipinski definition) is 0. The van der Waals surface area contributed by atoms with Crippen LogP contribution in [0.15, 0.2) is 24.3 Å². The zero-order valence-electron chi connectivity index (χ0n) is 14.5. The Kier molecular flexibility index (Phi) is 3.98. The summed E-state index contributed by atoms with van der Waals surface area (Å²) in [5, 5.41) is 0.968. The van der Waals surface area contributed by atoms with Gasteiger partial charge >= 0.3 is 6.09 Å². The van der Waals surface area contributed by atoms with Gasteiger partial charge in [0.15, 0.2) is 0 Å². The summed E-state index contributed by atoms with van der Waals surface area (Å²) in [4.78, 5) is 12.7. The summed E-state index contributed by atoms with van der Waals surface area (Å²) in [6, 6.07) is 7.72. The van der Waals surface area contributed by atoms with E-state index in [1.807, 2.05) is 45.0 Å². The van der Waals surface area contributed by atoms with E-state index in [2.05, 4.69) is 20.8 Å². The molecular weight excluding hydrogens is 278 g/mol. The predicted molar refractivity (Wildman–Crippen MR) is 88.8 cm³/mol. The molecule has 0 N–H and O–H groups in total. The Labute approximate surface area is 132 Å². The zero-order chi connectivity index (χ0) is 16.7. The monoisotopic (exact) mass is 303 g/mol. The van der Waals surface area contributed by atoms with E-state index in [0.29, 0.717) is 0 Å². The first-order chi connectivity index (χ1) is 10.0. The number of ether oxygens (including phenoxy) is 2. The topological polar surface area (TPSA) is 40.5 Å². The summed E-state index contributed by atoms with van der Waals surface area (Å²) in [6.07, 6.45) is -0.349. The van der Waals surface area contributed by atoms with Gasteiger partial charge in [0, 0.05) is 16.5 Å². The molecule has 1 aromatic carbocycles. The minimum Gasteiger partial charge on any atom is -0.497 e. The zero-order valence-corrected chi connectivity index (χ0v) is 14.5. The van der Waals surface area contributed by atoms with E-state index in [9.17, 15) is 4.79 Å². The Morgan fingerprint density at radius 2 is 1.68 bits per heavy atom. The lowest BCUT2D eigenvalue weighted by molar-refractivity contribution is 0.0535. The van der Waals surface area contributed by atoms with E-state index >= 15 is 0 Å². The van der Waals surface area contributed by atoms with Crippen LogP contribution in [-0.2, 0) is 10.2 Å². The Balaban J connectivity index is 2.66. The van der Waals surface area contributed by atoms with Crippen molar-refractivity contribution in [3.63, 3.8) is 0 Å². The molecule has 4 nitrogen and oxygen atoms in total. The average molecular weight is 303 g/mol. The fourth-order valence-electron chi connectivity index (χ4n) is 2.38. The molecule has 0 aliphatic heterocycles. The Bertz CT molecular complexity index is 699. The number of nitrogens with zero attached hydrogens (tertiary/aromatic N) is 1. The summed E-state index contributed by atoms with van der Waals surface area (Å²) in [6.45, 7) is 11.9. The standard InChI is InChI=1S/C18H25NO3/c1-17(2,3)15-11-12-10-13(21-7)8-9-14(12)19(15)16(20)22-18(4,5)6/h8-11H,1-7H3. The van der Waals surface area contributed by atoms with Crippen LogP contribution in [0.5, 0.6) is 5.75 Å². The molecule has 0 saturated carbocycles. The van der Waals surface area contributed by atoms with Crippen LogP contribution in [0.4, 0.5) is 4.79 Å². The fraction of sp³-hybridized carbons (Fsp3) is 0.500. The summed E-state index contributed by atoms with van der Waals surface area (Å²) < 4.78 is 12.5. The van der Waals surface area contributed by atoms with Crippen molar-refractivity contribution in [3.05, 3.63) is 30.0 Å². The highest BCUT2D eigenvalue weighted by Gasteiger charge is 2.27. The number of methoxy groups -OCH3 is 1. The van der Waals surface area contributed by atoms with Crippen LogP contribution in [0.1, 0.15) is 47.2 Å². The van der Waals surface area contributed by atoms with Gasteiger partial charge in [0.05, 0.1) is 12.6 Å². The highest BCUT2D eigenvalue weighted by atomic mass is 16.6. The van der Waals surface area contributed by atoms with Gasteiger partial charge in [-0.05, 0) is 45.0 Å². The highest BCUT2D eigenvalue weighted by molar-refractivity contribution is 5.92. The molecule has 1 heterocycles. The van der Waals surface area contributed by atoms with Crippen LogP contribution in [-0.4, -0.2) is 23.4 Å². The third kappa shape index (κ3) is 3.26. The number of fused-ring (bicyclic) bond motifs is 1. The number of benzene rings is 1. The van der Waals surface area contributed by atoms with Crippen molar-refractivity contribution < 1.29 is 14.3 Å². The first-order valence-electron chi connectivity index (χ1n) is 7.46. The molecular formula is C18H25NO3. The Morgan fingerprint density at radius 3 is 2.18 bits per heavy atom. The predicted octanol–water partition coefficient (Wildman–Crippen LogP) is 4.73. The molecule has 0 radical (unpaired) electrons. The maximum Gasteiger partial charge on any atom is 0.419 e. The molecule has 0 fully saturated rings. The second-order valence-corrected chi connectivity index (χ2v) is 7.52. The van der Waals surface area contributed by atoms with E-state index in [0.717, 1.165) is 22.3 Å². The third-order valence-electron chi connectivity index (χ3n) is 3.35. The van der Waals surface area contributed by atoms with Crippen molar-refractivity contribution in [2.24, 2.45) is 0 Å². The number of aromatic nitrogens is 1. The molecule has 22 heavy (non-hydrogen) atoms. The van der Waals surface area contributed by atoms with E-state index in [-0.39, 0.29) is 11.5 Å². The van der Waals surface area contributed by atoms with Gasteiger partial charge in [0.1, 0.15) is 11.4 Å². The molecule has 0 unspecified atom stereocenters. The second-order valence-electron chi connectivity index (χ2n) is 7.52. The van der Waals surface area contributed by atoms with Crippen molar-refractivity contribution in [2.45, 2.75) is 52.6 Å². The normalized spacial score (nSPS) is 12.5. The molecule has 0 saturated heterocycles. The maximum absolute atomic E-state index is 12.7. The minimum absolute atomic E-state index is 0.177. The Hall–Kier alpha value is -1.97. The quantitative estimate of drug-likeness (QED) is 0.764. The number of rotatable bonds is 1. The minimum atomic E-state index is -0.532. The molecule has 0 spiro atoms. The first kappa shape index (κ1) is 16.4. The van der Waals surface area contributed by atoms with E-state index in [1.165, 1.54) is 0 Å². The summed E-state index contributed by atoms with van der Waals surface area (Å²) in [5.41, 5.74) is 1.04.